The molecule has 1 aromatic heterocycles. The highest BCUT2D eigenvalue weighted by Crippen LogP contribution is 2.30. The van der Waals surface area contributed by atoms with Crippen molar-refractivity contribution in [1.29, 1.82) is 0 Å². The predicted molar refractivity (Wildman–Crippen MR) is 121 cm³/mol. The molecule has 0 atom stereocenters. The zero-order valence-electron chi connectivity index (χ0n) is 17.2. The summed E-state index contributed by atoms with van der Waals surface area (Å²) in [5.41, 5.74) is 3.12. The van der Waals surface area contributed by atoms with Crippen molar-refractivity contribution in [3.8, 4) is 17.2 Å². The molecule has 0 aliphatic carbocycles. The second-order valence-corrected chi connectivity index (χ2v) is 7.40. The Bertz CT molecular complexity index is 1350. The van der Waals surface area contributed by atoms with Crippen molar-refractivity contribution in [1.82, 2.24) is 4.98 Å². The Morgan fingerprint density at radius 1 is 1.19 bits per heavy atom. The van der Waals surface area contributed by atoms with Crippen LogP contribution >= 0.6 is 11.6 Å². The average Bonchev–Trinajstić information content (AvgIpc) is 3.19. The van der Waals surface area contributed by atoms with Crippen molar-refractivity contribution in [2.45, 2.75) is 13.8 Å². The fourth-order valence-corrected chi connectivity index (χ4v) is 3.32. The number of nitrogens with zero attached hydrogens (tertiary/aromatic N) is 2. The number of hydrogen-bond acceptors (Lipinski definition) is 6. The molecule has 0 spiro atoms. The van der Waals surface area contributed by atoms with Crippen LogP contribution in [0.5, 0.6) is 5.75 Å². The number of nitro groups is 1. The number of rotatable bonds is 6. The lowest BCUT2D eigenvalue weighted by atomic mass is 10.1. The lowest BCUT2D eigenvalue weighted by molar-refractivity contribution is -0.385. The molecule has 3 aromatic carbocycles. The minimum absolute atomic E-state index is 0.113. The number of ether oxygens (including phenoxy) is 1. The topological polar surface area (TPSA) is 108 Å². The normalized spacial score (nSPS) is 10.8. The van der Waals surface area contributed by atoms with Crippen LogP contribution in [0.25, 0.3) is 22.6 Å². The third kappa shape index (κ3) is 4.26. The molecule has 0 aliphatic rings. The molecular formula is C23H18ClN3O5. The summed E-state index contributed by atoms with van der Waals surface area (Å²) < 4.78 is 11.1. The van der Waals surface area contributed by atoms with Crippen LogP contribution in [0.15, 0.2) is 59.0 Å². The van der Waals surface area contributed by atoms with E-state index < -0.39 is 10.8 Å². The van der Waals surface area contributed by atoms with Gasteiger partial charge in [-0.05, 0) is 61.9 Å². The number of aryl methyl sites for hydroxylation is 1. The molecule has 162 valence electrons. The maximum Gasteiger partial charge on any atom is 0.311 e. The number of aromatic nitrogens is 1. The van der Waals surface area contributed by atoms with Crippen LogP contribution in [0, 0.1) is 17.0 Å². The van der Waals surface area contributed by atoms with E-state index in [0.717, 1.165) is 11.1 Å². The van der Waals surface area contributed by atoms with Crippen LogP contribution in [0.3, 0.4) is 0 Å². The van der Waals surface area contributed by atoms with Gasteiger partial charge in [0, 0.05) is 27.9 Å². The van der Waals surface area contributed by atoms with E-state index in [4.69, 9.17) is 20.8 Å². The summed E-state index contributed by atoms with van der Waals surface area (Å²) in [6.07, 6.45) is 0. The van der Waals surface area contributed by atoms with Crippen LogP contribution in [-0.4, -0.2) is 22.4 Å². The minimum Gasteiger partial charge on any atom is -0.487 e. The summed E-state index contributed by atoms with van der Waals surface area (Å²) in [4.78, 5) is 27.9. The zero-order chi connectivity index (χ0) is 22.8. The van der Waals surface area contributed by atoms with Crippen LogP contribution in [0.4, 0.5) is 11.4 Å². The third-order valence-electron chi connectivity index (χ3n) is 4.78. The van der Waals surface area contributed by atoms with Crippen molar-refractivity contribution in [2.24, 2.45) is 0 Å². The van der Waals surface area contributed by atoms with E-state index in [2.05, 4.69) is 10.3 Å². The van der Waals surface area contributed by atoms with Gasteiger partial charge in [0.25, 0.3) is 5.91 Å². The van der Waals surface area contributed by atoms with E-state index in [1.807, 2.05) is 19.1 Å². The van der Waals surface area contributed by atoms with Crippen LogP contribution in [0.2, 0.25) is 5.02 Å². The van der Waals surface area contributed by atoms with Crippen LogP contribution < -0.4 is 10.1 Å². The van der Waals surface area contributed by atoms with E-state index in [0.29, 0.717) is 27.7 Å². The van der Waals surface area contributed by atoms with Crippen LogP contribution in [0.1, 0.15) is 22.8 Å². The highest BCUT2D eigenvalue weighted by atomic mass is 35.5. The fraction of sp³-hybridized carbons (Fsp3) is 0.130. The Hall–Kier alpha value is -3.91. The van der Waals surface area contributed by atoms with E-state index in [9.17, 15) is 14.9 Å². The lowest BCUT2D eigenvalue weighted by Crippen LogP contribution is -2.12. The van der Waals surface area contributed by atoms with Gasteiger partial charge in [-0.15, -0.1) is 0 Å². The van der Waals surface area contributed by atoms with Gasteiger partial charge in [0.15, 0.2) is 11.3 Å². The van der Waals surface area contributed by atoms with E-state index in [1.54, 1.807) is 31.2 Å². The van der Waals surface area contributed by atoms with Crippen molar-refractivity contribution in [2.75, 3.05) is 11.9 Å². The van der Waals surface area contributed by atoms with E-state index in [1.165, 1.54) is 18.2 Å². The van der Waals surface area contributed by atoms with Gasteiger partial charge in [-0.1, -0.05) is 17.7 Å². The average molecular weight is 452 g/mol. The van der Waals surface area contributed by atoms with E-state index >= 15 is 0 Å². The van der Waals surface area contributed by atoms with Gasteiger partial charge in [-0.3, -0.25) is 14.9 Å². The second kappa shape index (κ2) is 8.68. The smallest absolute Gasteiger partial charge is 0.311 e. The Morgan fingerprint density at radius 3 is 2.72 bits per heavy atom. The summed E-state index contributed by atoms with van der Waals surface area (Å²) in [5.74, 6) is 0.0267. The lowest BCUT2D eigenvalue weighted by Gasteiger charge is -2.07. The Labute approximate surface area is 187 Å². The molecule has 0 saturated carbocycles. The highest BCUT2D eigenvalue weighted by molar-refractivity contribution is 6.31. The van der Waals surface area contributed by atoms with Gasteiger partial charge < -0.3 is 14.5 Å². The molecule has 0 aliphatic heterocycles. The Kier molecular flexibility index (Phi) is 5.79. The summed E-state index contributed by atoms with van der Waals surface area (Å²) in [6, 6.07) is 14.6. The zero-order valence-corrected chi connectivity index (χ0v) is 18.0. The molecule has 9 heteroatoms. The molecule has 4 rings (SSSR count). The molecule has 0 saturated heterocycles. The summed E-state index contributed by atoms with van der Waals surface area (Å²) >= 11 is 6.19. The second-order valence-electron chi connectivity index (χ2n) is 6.99. The van der Waals surface area contributed by atoms with E-state index in [-0.39, 0.29) is 23.6 Å². The van der Waals surface area contributed by atoms with Gasteiger partial charge in [0.05, 0.1) is 11.5 Å². The number of anilines is 1. The number of nitrogens with one attached hydrogen (secondary N) is 1. The summed E-state index contributed by atoms with van der Waals surface area (Å²) in [7, 11) is 0. The minimum atomic E-state index is -0.581. The molecule has 0 unspecified atom stereocenters. The number of oxazole rings is 1. The first-order chi connectivity index (χ1) is 15.4. The molecular weight excluding hydrogens is 434 g/mol. The van der Waals surface area contributed by atoms with Crippen molar-refractivity contribution in [3.63, 3.8) is 0 Å². The third-order valence-corrected chi connectivity index (χ3v) is 5.19. The molecule has 32 heavy (non-hydrogen) atoms. The number of nitro benzene ring substituents is 1. The fourth-order valence-electron chi connectivity index (χ4n) is 3.14. The number of halogens is 1. The van der Waals surface area contributed by atoms with Gasteiger partial charge >= 0.3 is 5.69 Å². The van der Waals surface area contributed by atoms with Gasteiger partial charge in [-0.25, -0.2) is 4.98 Å². The first-order valence-corrected chi connectivity index (χ1v) is 10.1. The van der Waals surface area contributed by atoms with Gasteiger partial charge in [0.1, 0.15) is 5.52 Å². The monoisotopic (exact) mass is 451 g/mol. The number of fused-ring (bicyclic) bond motifs is 1. The highest BCUT2D eigenvalue weighted by Gasteiger charge is 2.19. The first-order valence-electron chi connectivity index (χ1n) is 9.75. The number of amides is 1. The van der Waals surface area contributed by atoms with Crippen molar-refractivity contribution in [3.05, 3.63) is 80.9 Å². The van der Waals surface area contributed by atoms with Gasteiger partial charge in [0.2, 0.25) is 5.89 Å². The SMILES string of the molecule is CCOc1ccc(C(=O)Nc2ccc3oc(-c4ccc(C)c(Cl)c4)nc3c2)cc1[N+](=O)[O-]. The molecule has 1 amide bonds. The molecule has 0 bridgehead atoms. The molecule has 1 heterocycles. The molecule has 8 nitrogen and oxygen atoms in total. The maximum absolute atomic E-state index is 12.7. The Balaban J connectivity index is 1.59. The number of carbonyl (C=O) groups is 1. The summed E-state index contributed by atoms with van der Waals surface area (Å²) in [5, 5.41) is 14.6. The van der Waals surface area contributed by atoms with Crippen molar-refractivity contribution >= 4 is 40.0 Å². The quantitative estimate of drug-likeness (QED) is 0.284. The number of hydrogen-bond donors (Lipinski definition) is 1. The standard InChI is InChI=1S/C23H18ClN3O5/c1-3-31-21-8-6-14(11-19(21)27(29)30)22(28)25-16-7-9-20-18(12-16)26-23(32-20)15-5-4-13(2)17(24)10-15/h4-12H,3H2,1-2H3,(H,25,28). The molecule has 1 N–H and O–H groups in total. The summed E-state index contributed by atoms with van der Waals surface area (Å²) in [6.45, 7) is 3.91. The number of carbonyl (C=O) groups excluding carboxylic acids is 1. The molecule has 0 fully saturated rings. The molecule has 4 aromatic rings. The van der Waals surface area contributed by atoms with Crippen molar-refractivity contribution < 1.29 is 18.9 Å². The Morgan fingerprint density at radius 2 is 2.00 bits per heavy atom. The van der Waals surface area contributed by atoms with Gasteiger partial charge in [-0.2, -0.15) is 0 Å². The largest absolute Gasteiger partial charge is 0.487 e. The predicted octanol–water partition coefficient (Wildman–Crippen LogP) is 6.02. The van der Waals surface area contributed by atoms with Crippen LogP contribution in [-0.2, 0) is 0 Å². The first kappa shape index (κ1) is 21.3. The molecule has 0 radical (unpaired) electrons. The maximum atomic E-state index is 12.7. The number of benzene rings is 3.